The summed E-state index contributed by atoms with van der Waals surface area (Å²) in [5.74, 6) is 1.46. The molecule has 2 aliphatic carbocycles. The molecule has 2 aromatic carbocycles. The van der Waals surface area contributed by atoms with E-state index in [4.69, 9.17) is 9.47 Å². The van der Waals surface area contributed by atoms with Crippen LogP contribution in [0.15, 0.2) is 48.5 Å². The van der Waals surface area contributed by atoms with Crippen LogP contribution >= 0.6 is 0 Å². The monoisotopic (exact) mass is 480 g/mol. The molecule has 5 nitrogen and oxygen atoms in total. The van der Waals surface area contributed by atoms with Crippen LogP contribution in [0.2, 0.25) is 0 Å². The molecule has 2 unspecified atom stereocenters. The number of carbonyl (C=O) groups excluding carboxylic acids is 1. The van der Waals surface area contributed by atoms with E-state index in [2.05, 4.69) is 13.0 Å². The number of aliphatic hydroxyl groups excluding tert-OH is 2. The summed E-state index contributed by atoms with van der Waals surface area (Å²) < 4.78 is 11.3. The van der Waals surface area contributed by atoms with E-state index in [1.165, 1.54) is 12.0 Å². The van der Waals surface area contributed by atoms with Gasteiger partial charge in [-0.1, -0.05) is 68.7 Å². The number of ether oxygens (including phenoxy) is 2. The summed E-state index contributed by atoms with van der Waals surface area (Å²) in [6, 6.07) is 15.7. The Labute approximate surface area is 209 Å². The molecule has 0 saturated heterocycles. The number of hydrogen-bond acceptors (Lipinski definition) is 5. The lowest BCUT2D eigenvalue weighted by Gasteiger charge is -2.32. The molecule has 0 spiro atoms. The molecular weight excluding hydrogens is 440 g/mol. The van der Waals surface area contributed by atoms with E-state index < -0.39 is 0 Å². The first-order valence-electron chi connectivity index (χ1n) is 13.3. The van der Waals surface area contributed by atoms with Crippen molar-refractivity contribution in [2.75, 3.05) is 6.61 Å². The van der Waals surface area contributed by atoms with Gasteiger partial charge < -0.3 is 19.7 Å². The molecule has 2 N–H and O–H groups in total. The first-order chi connectivity index (χ1) is 17.0. The van der Waals surface area contributed by atoms with Gasteiger partial charge in [0.05, 0.1) is 12.2 Å². The summed E-state index contributed by atoms with van der Waals surface area (Å²) in [7, 11) is 0. The Kier molecular flexibility index (Phi) is 9.22. The van der Waals surface area contributed by atoms with Crippen LogP contribution in [-0.2, 0) is 29.0 Å². The Bertz CT molecular complexity index is 943. The van der Waals surface area contributed by atoms with Gasteiger partial charge in [0.25, 0.3) is 0 Å². The van der Waals surface area contributed by atoms with E-state index in [0.29, 0.717) is 11.8 Å². The molecule has 0 bridgehead atoms. The summed E-state index contributed by atoms with van der Waals surface area (Å²) in [6.45, 7) is 2.31. The van der Waals surface area contributed by atoms with Crippen LogP contribution in [0.1, 0.15) is 68.6 Å². The number of esters is 1. The van der Waals surface area contributed by atoms with Gasteiger partial charge in [-0.15, -0.1) is 0 Å². The summed E-state index contributed by atoms with van der Waals surface area (Å²) >= 11 is 0. The van der Waals surface area contributed by atoms with Crippen LogP contribution in [0.5, 0.6) is 5.75 Å². The number of benzene rings is 2. The Morgan fingerprint density at radius 3 is 2.69 bits per heavy atom. The molecule has 0 amide bonds. The highest BCUT2D eigenvalue weighted by molar-refractivity contribution is 5.71. The molecule has 190 valence electrons. The average molecular weight is 481 g/mol. The summed E-state index contributed by atoms with van der Waals surface area (Å²) in [5.41, 5.74) is 3.37. The Morgan fingerprint density at radius 1 is 1.06 bits per heavy atom. The standard InChI is InChI=1S/C30H40O5/c1-2-3-5-12-24(31)14-15-25-26-16-22-11-8-13-29(27(22)17-23(26)18-28(25)32)34-20-30(33)35-19-21-9-6-4-7-10-21/h4,6-11,13,23-26,28,31-32H,2-3,5,12,14-20H2,1H3/t23?,24?,25-,26+,28-/m1/s1. The second-order valence-electron chi connectivity index (χ2n) is 10.4. The van der Waals surface area contributed by atoms with E-state index in [0.717, 1.165) is 68.2 Å². The highest BCUT2D eigenvalue weighted by Gasteiger charge is 2.44. The molecule has 5 heteroatoms. The van der Waals surface area contributed by atoms with Crippen LogP contribution in [0.25, 0.3) is 0 Å². The third kappa shape index (κ3) is 6.86. The van der Waals surface area contributed by atoms with Crippen molar-refractivity contribution in [2.45, 2.75) is 83.5 Å². The summed E-state index contributed by atoms with van der Waals surface area (Å²) in [6.07, 6.45) is 7.94. The zero-order chi connectivity index (χ0) is 24.6. The number of unbranched alkanes of at least 4 members (excludes halogenated alkanes) is 2. The van der Waals surface area contributed by atoms with Crippen LogP contribution in [0, 0.1) is 17.8 Å². The highest BCUT2D eigenvalue weighted by atomic mass is 16.6. The first kappa shape index (κ1) is 25.7. The van der Waals surface area contributed by atoms with Crippen molar-refractivity contribution in [1.82, 2.24) is 0 Å². The van der Waals surface area contributed by atoms with Crippen LogP contribution in [0.4, 0.5) is 0 Å². The van der Waals surface area contributed by atoms with Crippen LogP contribution < -0.4 is 4.74 Å². The second-order valence-corrected chi connectivity index (χ2v) is 10.4. The van der Waals surface area contributed by atoms with Gasteiger partial charge in [-0.25, -0.2) is 4.79 Å². The Morgan fingerprint density at radius 2 is 1.89 bits per heavy atom. The van der Waals surface area contributed by atoms with Gasteiger partial charge in [-0.3, -0.25) is 0 Å². The van der Waals surface area contributed by atoms with Crippen LogP contribution in [0.3, 0.4) is 0 Å². The molecule has 4 rings (SSSR count). The molecule has 0 aromatic heterocycles. The van der Waals surface area contributed by atoms with Gasteiger partial charge >= 0.3 is 5.97 Å². The predicted molar refractivity (Wildman–Crippen MR) is 136 cm³/mol. The van der Waals surface area contributed by atoms with Crippen molar-refractivity contribution < 1.29 is 24.5 Å². The van der Waals surface area contributed by atoms with Crippen molar-refractivity contribution in [2.24, 2.45) is 17.8 Å². The quantitative estimate of drug-likeness (QED) is 0.321. The zero-order valence-corrected chi connectivity index (χ0v) is 20.9. The zero-order valence-electron chi connectivity index (χ0n) is 20.9. The Balaban J connectivity index is 1.31. The van der Waals surface area contributed by atoms with Gasteiger partial charge in [-0.2, -0.15) is 0 Å². The maximum absolute atomic E-state index is 12.2. The molecule has 5 atom stereocenters. The summed E-state index contributed by atoms with van der Waals surface area (Å²) in [5, 5.41) is 21.2. The molecule has 1 fully saturated rings. The minimum atomic E-state index is -0.381. The minimum Gasteiger partial charge on any atom is -0.482 e. The van der Waals surface area contributed by atoms with E-state index >= 15 is 0 Å². The van der Waals surface area contributed by atoms with E-state index in [-0.39, 0.29) is 37.3 Å². The highest BCUT2D eigenvalue weighted by Crippen LogP contribution is 2.48. The molecule has 2 aromatic rings. The fourth-order valence-electron chi connectivity index (χ4n) is 6.01. The lowest BCUT2D eigenvalue weighted by molar-refractivity contribution is -0.147. The maximum Gasteiger partial charge on any atom is 0.344 e. The normalized spacial score (nSPS) is 23.9. The number of carbonyl (C=O) groups is 1. The molecule has 1 saturated carbocycles. The fourth-order valence-corrected chi connectivity index (χ4v) is 6.01. The summed E-state index contributed by atoms with van der Waals surface area (Å²) in [4.78, 5) is 12.2. The topological polar surface area (TPSA) is 76.0 Å². The predicted octanol–water partition coefficient (Wildman–Crippen LogP) is 5.24. The SMILES string of the molecule is CCCCCC(O)CC[C@H]1[C@H](O)CC2Cc3c(cccc3OCC(=O)OCc3ccccc3)C[C@@H]21. The number of hydrogen-bond donors (Lipinski definition) is 2. The molecule has 2 aliphatic rings. The third-order valence-corrected chi connectivity index (χ3v) is 7.91. The van der Waals surface area contributed by atoms with Crippen LogP contribution in [-0.4, -0.2) is 35.0 Å². The van der Waals surface area contributed by atoms with E-state index in [1.807, 2.05) is 42.5 Å². The van der Waals surface area contributed by atoms with Gasteiger partial charge in [0.15, 0.2) is 6.61 Å². The van der Waals surface area contributed by atoms with Gasteiger partial charge in [0, 0.05) is 0 Å². The molecule has 0 radical (unpaired) electrons. The van der Waals surface area contributed by atoms with Crippen molar-refractivity contribution in [3.8, 4) is 5.75 Å². The van der Waals surface area contributed by atoms with Crippen molar-refractivity contribution in [3.63, 3.8) is 0 Å². The molecule has 35 heavy (non-hydrogen) atoms. The molecular formula is C30H40O5. The number of fused-ring (bicyclic) bond motifs is 2. The lowest BCUT2D eigenvalue weighted by Crippen LogP contribution is -2.28. The Hall–Kier alpha value is -2.37. The maximum atomic E-state index is 12.2. The van der Waals surface area contributed by atoms with Gasteiger partial charge in [-0.05, 0) is 79.0 Å². The third-order valence-electron chi connectivity index (χ3n) is 7.91. The van der Waals surface area contributed by atoms with Gasteiger partial charge in [0.1, 0.15) is 12.4 Å². The fraction of sp³-hybridized carbons (Fsp3) is 0.567. The smallest absolute Gasteiger partial charge is 0.344 e. The number of aliphatic hydroxyl groups is 2. The average Bonchev–Trinajstić information content (AvgIpc) is 3.18. The van der Waals surface area contributed by atoms with E-state index in [1.54, 1.807) is 0 Å². The van der Waals surface area contributed by atoms with Crippen molar-refractivity contribution >= 4 is 5.97 Å². The largest absolute Gasteiger partial charge is 0.482 e. The minimum absolute atomic E-state index is 0.113. The number of rotatable bonds is 12. The lowest BCUT2D eigenvalue weighted by atomic mass is 9.73. The van der Waals surface area contributed by atoms with E-state index in [9.17, 15) is 15.0 Å². The van der Waals surface area contributed by atoms with Crippen molar-refractivity contribution in [3.05, 3.63) is 65.2 Å². The van der Waals surface area contributed by atoms with Gasteiger partial charge in [0.2, 0.25) is 0 Å². The molecule has 0 heterocycles. The van der Waals surface area contributed by atoms with Crippen molar-refractivity contribution in [1.29, 1.82) is 0 Å². The second kappa shape index (κ2) is 12.5. The molecule has 0 aliphatic heterocycles. The first-order valence-corrected chi connectivity index (χ1v) is 13.3.